The van der Waals surface area contributed by atoms with E-state index in [1.54, 1.807) is 7.11 Å². The summed E-state index contributed by atoms with van der Waals surface area (Å²) >= 11 is 0. The molecule has 1 amide bonds. The molecule has 0 saturated carbocycles. The van der Waals surface area contributed by atoms with Gasteiger partial charge in [0.25, 0.3) is 0 Å². The Morgan fingerprint density at radius 3 is 2.50 bits per heavy atom. The topological polar surface area (TPSA) is 76.8 Å². The van der Waals surface area contributed by atoms with Crippen LogP contribution in [0.3, 0.4) is 0 Å². The Hall–Kier alpha value is -1.05. The average Bonchev–Trinajstić information content (AvgIpc) is 2.71. The second kappa shape index (κ2) is 14.0. The van der Waals surface area contributed by atoms with Gasteiger partial charge in [-0.2, -0.15) is 0 Å². The summed E-state index contributed by atoms with van der Waals surface area (Å²) in [5, 5.41) is 3.08. The van der Waals surface area contributed by atoms with Crippen LogP contribution in [-0.4, -0.2) is 56.8 Å². The highest BCUT2D eigenvalue weighted by Gasteiger charge is 2.27. The molecule has 2 rings (SSSR count). The van der Waals surface area contributed by atoms with Gasteiger partial charge in [-0.3, -0.25) is 9.69 Å². The molecule has 0 aromatic heterocycles. The Bertz CT molecular complexity index is 567. The number of carbonyl (C=O) groups is 1. The number of rotatable bonds is 9. The van der Waals surface area contributed by atoms with Gasteiger partial charge in [0.15, 0.2) is 0 Å². The summed E-state index contributed by atoms with van der Waals surface area (Å²) in [4.78, 5) is 14.9. The number of hydrogen-bond donors (Lipinski definition) is 2. The summed E-state index contributed by atoms with van der Waals surface area (Å²) < 4.78 is 10.7. The molecule has 1 aromatic rings. The molecule has 0 aliphatic carbocycles. The molecule has 0 bridgehead atoms. The first-order valence-electron chi connectivity index (χ1n) is 9.59. The standard InChI is InChI=1S/C20H33N3O3.2ClH/c1-4-23(5-2)18(16-7-6-8-17(13-16)25-3)14-22-20(24)19(21)15-9-11-26-12-10-15;;/h6-8,13,15,18-19H,4-5,9-12,14,21H2,1-3H3,(H,22,24);2*1H. The summed E-state index contributed by atoms with van der Waals surface area (Å²) in [6.07, 6.45) is 1.70. The minimum absolute atomic E-state index is 0. The highest BCUT2D eigenvalue weighted by molar-refractivity contribution is 5.85. The molecule has 2 unspecified atom stereocenters. The maximum Gasteiger partial charge on any atom is 0.237 e. The second-order valence-electron chi connectivity index (χ2n) is 6.73. The van der Waals surface area contributed by atoms with E-state index < -0.39 is 6.04 Å². The van der Waals surface area contributed by atoms with Crippen LogP contribution < -0.4 is 15.8 Å². The molecule has 8 heteroatoms. The van der Waals surface area contributed by atoms with Crippen LogP contribution in [0.4, 0.5) is 0 Å². The minimum atomic E-state index is -0.471. The highest BCUT2D eigenvalue weighted by atomic mass is 35.5. The molecule has 1 fully saturated rings. The Balaban J connectivity index is 0.00000364. The van der Waals surface area contributed by atoms with Crippen LogP contribution in [0.25, 0.3) is 0 Å². The second-order valence-corrected chi connectivity index (χ2v) is 6.73. The van der Waals surface area contributed by atoms with Crippen molar-refractivity contribution in [2.24, 2.45) is 11.7 Å². The van der Waals surface area contributed by atoms with Gasteiger partial charge in [-0.1, -0.05) is 26.0 Å². The fourth-order valence-electron chi connectivity index (χ4n) is 3.58. The van der Waals surface area contributed by atoms with E-state index in [1.165, 1.54) is 0 Å². The van der Waals surface area contributed by atoms with E-state index in [-0.39, 0.29) is 42.7 Å². The number of likely N-dealkylation sites (N-methyl/N-ethyl adjacent to an activating group) is 1. The minimum Gasteiger partial charge on any atom is -0.497 e. The molecule has 1 aliphatic heterocycles. The van der Waals surface area contributed by atoms with Crippen molar-refractivity contribution in [3.05, 3.63) is 29.8 Å². The van der Waals surface area contributed by atoms with Crippen molar-refractivity contribution in [1.82, 2.24) is 10.2 Å². The summed E-state index contributed by atoms with van der Waals surface area (Å²) in [5.41, 5.74) is 7.33. The molecule has 28 heavy (non-hydrogen) atoms. The van der Waals surface area contributed by atoms with Gasteiger partial charge in [-0.25, -0.2) is 0 Å². The molecule has 1 aromatic carbocycles. The van der Waals surface area contributed by atoms with Gasteiger partial charge in [-0.15, -0.1) is 24.8 Å². The lowest BCUT2D eigenvalue weighted by Crippen LogP contribution is -2.49. The first kappa shape index (κ1) is 27.0. The van der Waals surface area contributed by atoms with Crippen LogP contribution in [0.5, 0.6) is 5.75 Å². The number of nitrogens with two attached hydrogens (primary N) is 1. The van der Waals surface area contributed by atoms with Crippen molar-refractivity contribution in [2.45, 2.75) is 38.8 Å². The molecule has 1 heterocycles. The maximum atomic E-state index is 12.6. The van der Waals surface area contributed by atoms with Crippen LogP contribution in [-0.2, 0) is 9.53 Å². The van der Waals surface area contributed by atoms with E-state index in [0.29, 0.717) is 19.8 Å². The normalized spacial score (nSPS) is 16.5. The predicted octanol–water partition coefficient (Wildman–Crippen LogP) is 2.79. The highest BCUT2D eigenvalue weighted by Crippen LogP contribution is 2.24. The Morgan fingerprint density at radius 1 is 1.29 bits per heavy atom. The number of ether oxygens (including phenoxy) is 2. The van der Waals surface area contributed by atoms with E-state index in [4.69, 9.17) is 15.2 Å². The van der Waals surface area contributed by atoms with E-state index in [2.05, 4.69) is 30.1 Å². The molecular weight excluding hydrogens is 401 g/mol. The number of nitrogens with one attached hydrogen (secondary N) is 1. The summed E-state index contributed by atoms with van der Waals surface area (Å²) in [6, 6.07) is 7.65. The third kappa shape index (κ3) is 7.41. The zero-order valence-corrected chi connectivity index (χ0v) is 18.7. The van der Waals surface area contributed by atoms with Crippen molar-refractivity contribution < 1.29 is 14.3 Å². The number of hydrogen-bond acceptors (Lipinski definition) is 5. The SMILES string of the molecule is CCN(CC)C(CNC(=O)C(N)C1CCOCC1)c1cccc(OC)c1.Cl.Cl. The first-order chi connectivity index (χ1) is 12.6. The molecular formula is C20H35Cl2N3O3. The molecule has 1 aliphatic rings. The first-order valence-corrected chi connectivity index (χ1v) is 9.59. The van der Waals surface area contributed by atoms with Gasteiger partial charge in [0, 0.05) is 19.8 Å². The largest absolute Gasteiger partial charge is 0.497 e. The number of carbonyl (C=O) groups excluding carboxylic acids is 1. The fraction of sp³-hybridized carbons (Fsp3) is 0.650. The van der Waals surface area contributed by atoms with E-state index >= 15 is 0 Å². The zero-order chi connectivity index (χ0) is 18.9. The van der Waals surface area contributed by atoms with E-state index in [0.717, 1.165) is 37.2 Å². The van der Waals surface area contributed by atoms with Crippen LogP contribution in [0, 0.1) is 5.92 Å². The molecule has 6 nitrogen and oxygen atoms in total. The van der Waals surface area contributed by atoms with Gasteiger partial charge in [-0.05, 0) is 49.5 Å². The lowest BCUT2D eigenvalue weighted by atomic mass is 9.92. The van der Waals surface area contributed by atoms with E-state index in [9.17, 15) is 4.79 Å². The third-order valence-corrected chi connectivity index (χ3v) is 5.28. The van der Waals surface area contributed by atoms with Crippen LogP contribution in [0.1, 0.15) is 38.3 Å². The number of methoxy groups -OCH3 is 1. The van der Waals surface area contributed by atoms with E-state index in [1.807, 2.05) is 18.2 Å². The number of benzene rings is 1. The van der Waals surface area contributed by atoms with Gasteiger partial charge in [0.1, 0.15) is 5.75 Å². The van der Waals surface area contributed by atoms with Crippen molar-refractivity contribution in [2.75, 3.05) is 40.0 Å². The zero-order valence-electron chi connectivity index (χ0n) is 17.1. The molecule has 0 radical (unpaired) electrons. The van der Waals surface area contributed by atoms with Crippen molar-refractivity contribution in [1.29, 1.82) is 0 Å². The number of amides is 1. The molecule has 1 saturated heterocycles. The lowest BCUT2D eigenvalue weighted by Gasteiger charge is -2.32. The predicted molar refractivity (Wildman–Crippen MR) is 118 cm³/mol. The molecule has 162 valence electrons. The number of halogens is 2. The molecule has 2 atom stereocenters. The van der Waals surface area contributed by atoms with Crippen molar-refractivity contribution in [3.63, 3.8) is 0 Å². The van der Waals surface area contributed by atoms with Gasteiger partial charge >= 0.3 is 0 Å². The Kier molecular flexibility index (Phi) is 13.5. The summed E-state index contributed by atoms with van der Waals surface area (Å²) in [7, 11) is 1.67. The lowest BCUT2D eigenvalue weighted by molar-refractivity contribution is -0.124. The average molecular weight is 436 g/mol. The smallest absolute Gasteiger partial charge is 0.237 e. The Labute approximate surface area is 181 Å². The maximum absolute atomic E-state index is 12.6. The van der Waals surface area contributed by atoms with Crippen LogP contribution in [0.2, 0.25) is 0 Å². The van der Waals surface area contributed by atoms with Gasteiger partial charge < -0.3 is 20.5 Å². The number of nitrogens with zero attached hydrogens (tertiary/aromatic N) is 1. The summed E-state index contributed by atoms with van der Waals surface area (Å²) in [5.74, 6) is 0.953. The Morgan fingerprint density at radius 2 is 1.93 bits per heavy atom. The van der Waals surface area contributed by atoms with Crippen LogP contribution in [0.15, 0.2) is 24.3 Å². The summed E-state index contributed by atoms with van der Waals surface area (Å²) in [6.45, 7) is 7.98. The van der Waals surface area contributed by atoms with Crippen molar-refractivity contribution >= 4 is 30.7 Å². The van der Waals surface area contributed by atoms with Crippen LogP contribution >= 0.6 is 24.8 Å². The molecule has 3 N–H and O–H groups in total. The fourth-order valence-corrected chi connectivity index (χ4v) is 3.58. The quantitative estimate of drug-likeness (QED) is 0.623. The monoisotopic (exact) mass is 435 g/mol. The van der Waals surface area contributed by atoms with Gasteiger partial charge in [0.2, 0.25) is 5.91 Å². The van der Waals surface area contributed by atoms with Crippen molar-refractivity contribution in [3.8, 4) is 5.75 Å². The third-order valence-electron chi connectivity index (χ3n) is 5.28. The molecule has 0 spiro atoms. The van der Waals surface area contributed by atoms with Gasteiger partial charge in [0.05, 0.1) is 19.2 Å².